The van der Waals surface area contributed by atoms with Gasteiger partial charge in [0.05, 0.1) is 11.9 Å². The van der Waals surface area contributed by atoms with E-state index in [0.717, 1.165) is 12.3 Å². The second kappa shape index (κ2) is 7.29. The average molecular weight is 422 g/mol. The first-order chi connectivity index (χ1) is 14.1. The number of anilines is 3. The summed E-state index contributed by atoms with van der Waals surface area (Å²) in [5, 5.41) is 6.09. The number of fused-ring (bicyclic) bond motifs is 1. The predicted molar refractivity (Wildman–Crippen MR) is 104 cm³/mol. The van der Waals surface area contributed by atoms with Gasteiger partial charge in [-0.1, -0.05) is 0 Å². The van der Waals surface area contributed by atoms with Crippen molar-refractivity contribution in [2.24, 2.45) is 0 Å². The Morgan fingerprint density at radius 1 is 1.27 bits per heavy atom. The van der Waals surface area contributed by atoms with Crippen LogP contribution in [0.4, 0.5) is 30.6 Å². The molecule has 0 radical (unpaired) electrons. The molecule has 2 N–H and O–H groups in total. The molecule has 1 fully saturated rings. The van der Waals surface area contributed by atoms with Crippen molar-refractivity contribution in [1.29, 1.82) is 0 Å². The first kappa shape index (κ1) is 20.2. The average Bonchev–Trinajstić information content (AvgIpc) is 2.65. The summed E-state index contributed by atoms with van der Waals surface area (Å²) in [6.45, 7) is 3.60. The van der Waals surface area contributed by atoms with E-state index in [1.807, 2.05) is 7.05 Å². The number of ether oxygens (including phenoxy) is 1. The molecule has 0 spiro atoms. The zero-order valence-electron chi connectivity index (χ0n) is 16.6. The van der Waals surface area contributed by atoms with Gasteiger partial charge in [0.1, 0.15) is 29.3 Å². The standard InChI is InChI=1S/C19H21F3N6O2/c1-9-15-16(28(3)10(2)17(29)26-15)27-18(24-9)25-11-6-13(7-11)30-12-4-5-14(23-8-12)19(20,21)22/h4-5,8,10-11,13H,6-7H2,1-3H3,(H,26,29)(H,24,25,27)/t10-,11?,13?/m0/s1. The third-order valence-corrected chi connectivity index (χ3v) is 5.37. The Hall–Kier alpha value is -3.11. The van der Waals surface area contributed by atoms with Gasteiger partial charge in [0, 0.05) is 25.9 Å². The first-order valence-corrected chi connectivity index (χ1v) is 9.50. The summed E-state index contributed by atoms with van der Waals surface area (Å²) in [4.78, 5) is 26.2. The lowest BCUT2D eigenvalue weighted by Gasteiger charge is -2.36. The van der Waals surface area contributed by atoms with Gasteiger partial charge in [0.25, 0.3) is 0 Å². The Labute approximate surface area is 170 Å². The van der Waals surface area contributed by atoms with E-state index in [-0.39, 0.29) is 24.1 Å². The number of alkyl halides is 3. The minimum atomic E-state index is -4.47. The maximum absolute atomic E-state index is 12.6. The summed E-state index contributed by atoms with van der Waals surface area (Å²) in [7, 11) is 1.81. The van der Waals surface area contributed by atoms with Crippen LogP contribution in [0, 0.1) is 6.92 Å². The number of aromatic nitrogens is 3. The fourth-order valence-electron chi connectivity index (χ4n) is 3.38. The van der Waals surface area contributed by atoms with Gasteiger partial charge in [0.15, 0.2) is 5.82 Å². The third kappa shape index (κ3) is 3.83. The number of carbonyl (C=O) groups is 1. The van der Waals surface area contributed by atoms with E-state index < -0.39 is 11.9 Å². The molecule has 2 aromatic heterocycles. The van der Waals surface area contributed by atoms with Crippen LogP contribution < -0.4 is 20.3 Å². The van der Waals surface area contributed by atoms with Crippen molar-refractivity contribution in [2.75, 3.05) is 22.6 Å². The highest BCUT2D eigenvalue weighted by Crippen LogP contribution is 2.34. The normalized spacial score (nSPS) is 23.3. The van der Waals surface area contributed by atoms with E-state index >= 15 is 0 Å². The summed E-state index contributed by atoms with van der Waals surface area (Å²) in [6, 6.07) is 1.93. The van der Waals surface area contributed by atoms with Crippen LogP contribution in [0.5, 0.6) is 5.75 Å². The Morgan fingerprint density at radius 3 is 2.63 bits per heavy atom. The maximum Gasteiger partial charge on any atom is 0.433 e. The van der Waals surface area contributed by atoms with Crippen LogP contribution in [0.2, 0.25) is 0 Å². The number of pyridine rings is 1. The molecule has 0 unspecified atom stereocenters. The van der Waals surface area contributed by atoms with Crippen LogP contribution in [0.3, 0.4) is 0 Å². The predicted octanol–water partition coefficient (Wildman–Crippen LogP) is 3.00. The van der Waals surface area contributed by atoms with Gasteiger partial charge in [-0.15, -0.1) is 0 Å². The van der Waals surface area contributed by atoms with Crippen LogP contribution in [0.1, 0.15) is 31.2 Å². The van der Waals surface area contributed by atoms with E-state index in [9.17, 15) is 18.0 Å². The van der Waals surface area contributed by atoms with Crippen molar-refractivity contribution in [3.05, 3.63) is 29.7 Å². The molecule has 3 heterocycles. The molecule has 11 heteroatoms. The Balaban J connectivity index is 1.35. The van der Waals surface area contributed by atoms with Crippen LogP contribution >= 0.6 is 0 Å². The molecule has 0 bridgehead atoms. The Morgan fingerprint density at radius 2 is 2.00 bits per heavy atom. The molecule has 0 aromatic carbocycles. The lowest BCUT2D eigenvalue weighted by atomic mass is 9.89. The van der Waals surface area contributed by atoms with Crippen LogP contribution in [0.15, 0.2) is 18.3 Å². The second-order valence-electron chi connectivity index (χ2n) is 7.54. The number of amides is 1. The monoisotopic (exact) mass is 422 g/mol. The molecular weight excluding hydrogens is 401 g/mol. The fraction of sp³-hybridized carbons (Fsp3) is 0.474. The lowest BCUT2D eigenvalue weighted by Crippen LogP contribution is -2.45. The van der Waals surface area contributed by atoms with Gasteiger partial charge in [-0.3, -0.25) is 4.79 Å². The summed E-state index contributed by atoms with van der Waals surface area (Å²) in [6.07, 6.45) is -2.19. The molecule has 2 aromatic rings. The molecule has 160 valence electrons. The molecule has 1 amide bonds. The fourth-order valence-corrected chi connectivity index (χ4v) is 3.38. The van der Waals surface area contributed by atoms with E-state index in [4.69, 9.17) is 4.74 Å². The molecule has 1 aliphatic carbocycles. The number of carbonyl (C=O) groups excluding carboxylic acids is 1. The topological polar surface area (TPSA) is 92.3 Å². The smallest absolute Gasteiger partial charge is 0.433 e. The van der Waals surface area contributed by atoms with Crippen LogP contribution in [-0.4, -0.2) is 46.1 Å². The van der Waals surface area contributed by atoms with Gasteiger partial charge in [-0.25, -0.2) is 9.97 Å². The largest absolute Gasteiger partial charge is 0.489 e. The minimum Gasteiger partial charge on any atom is -0.489 e. The van der Waals surface area contributed by atoms with Gasteiger partial charge < -0.3 is 20.3 Å². The zero-order valence-corrected chi connectivity index (χ0v) is 16.6. The molecule has 0 saturated heterocycles. The van der Waals surface area contributed by atoms with Crippen molar-refractivity contribution in [2.45, 2.75) is 51.1 Å². The third-order valence-electron chi connectivity index (χ3n) is 5.37. The summed E-state index contributed by atoms with van der Waals surface area (Å²) >= 11 is 0. The molecule has 8 nitrogen and oxygen atoms in total. The number of nitrogens with one attached hydrogen (secondary N) is 2. The molecule has 1 aliphatic heterocycles. The highest BCUT2D eigenvalue weighted by atomic mass is 19.4. The zero-order chi connectivity index (χ0) is 21.6. The minimum absolute atomic E-state index is 0.0794. The van der Waals surface area contributed by atoms with E-state index in [0.29, 0.717) is 41.7 Å². The molecule has 1 atom stereocenters. The number of halogens is 3. The van der Waals surface area contributed by atoms with Gasteiger partial charge in [0.2, 0.25) is 11.9 Å². The van der Waals surface area contributed by atoms with E-state index in [2.05, 4.69) is 25.6 Å². The summed E-state index contributed by atoms with van der Waals surface area (Å²) in [5.74, 6) is 1.31. The molecule has 30 heavy (non-hydrogen) atoms. The quantitative estimate of drug-likeness (QED) is 0.783. The number of nitrogens with zero attached hydrogens (tertiary/aromatic N) is 4. The molecule has 2 aliphatic rings. The van der Waals surface area contributed by atoms with Crippen LogP contribution in [0.25, 0.3) is 0 Å². The Bertz CT molecular complexity index is 960. The lowest BCUT2D eigenvalue weighted by molar-refractivity contribution is -0.141. The number of aryl methyl sites for hydroxylation is 1. The number of hydrogen-bond acceptors (Lipinski definition) is 7. The van der Waals surface area contributed by atoms with Gasteiger partial charge >= 0.3 is 6.18 Å². The van der Waals surface area contributed by atoms with Crippen molar-refractivity contribution in [1.82, 2.24) is 15.0 Å². The maximum atomic E-state index is 12.6. The first-order valence-electron chi connectivity index (χ1n) is 9.50. The van der Waals surface area contributed by atoms with E-state index in [1.54, 1.807) is 18.7 Å². The summed E-state index contributed by atoms with van der Waals surface area (Å²) < 4.78 is 43.4. The molecular formula is C19H21F3N6O2. The number of rotatable bonds is 4. The second-order valence-corrected chi connectivity index (χ2v) is 7.54. The SMILES string of the molecule is Cc1nc(NC2CC(Oc3ccc(C(F)(F)F)nc3)C2)nc2c1NC(=O)[C@H](C)N2C. The van der Waals surface area contributed by atoms with Gasteiger partial charge in [-0.05, 0) is 26.0 Å². The van der Waals surface area contributed by atoms with Crippen LogP contribution in [-0.2, 0) is 11.0 Å². The highest BCUT2D eigenvalue weighted by molar-refractivity contribution is 6.03. The van der Waals surface area contributed by atoms with E-state index in [1.165, 1.54) is 6.07 Å². The Kier molecular flexibility index (Phi) is 4.91. The van der Waals surface area contributed by atoms with Gasteiger partial charge in [-0.2, -0.15) is 18.2 Å². The van der Waals surface area contributed by atoms with Crippen molar-refractivity contribution < 1.29 is 22.7 Å². The number of hydrogen-bond donors (Lipinski definition) is 2. The van der Waals surface area contributed by atoms with Crippen molar-refractivity contribution in [3.63, 3.8) is 0 Å². The molecule has 1 saturated carbocycles. The summed E-state index contributed by atoms with van der Waals surface area (Å²) in [5.41, 5.74) is 0.326. The molecule has 4 rings (SSSR count). The highest BCUT2D eigenvalue weighted by Gasteiger charge is 2.35. The number of likely N-dealkylation sites (N-methyl/N-ethyl adjacent to an activating group) is 1. The van der Waals surface area contributed by atoms with Crippen molar-refractivity contribution >= 4 is 23.4 Å². The van der Waals surface area contributed by atoms with Crippen molar-refractivity contribution in [3.8, 4) is 5.75 Å².